The van der Waals surface area contributed by atoms with Gasteiger partial charge in [-0.25, -0.2) is 13.4 Å². The van der Waals surface area contributed by atoms with Crippen LogP contribution in [0.5, 0.6) is 0 Å². The number of carbonyl (C=O) groups is 1. The van der Waals surface area contributed by atoms with Crippen molar-refractivity contribution >= 4 is 56.1 Å². The van der Waals surface area contributed by atoms with Gasteiger partial charge in [0, 0.05) is 24.0 Å². The molecule has 0 unspecified atom stereocenters. The summed E-state index contributed by atoms with van der Waals surface area (Å²) in [5, 5.41) is 21.2. The number of aromatic nitrogens is 1. The Morgan fingerprint density at radius 2 is 1.89 bits per heavy atom. The van der Waals surface area contributed by atoms with E-state index >= 15 is 0 Å². The van der Waals surface area contributed by atoms with Gasteiger partial charge in [-0.15, -0.1) is 11.3 Å². The summed E-state index contributed by atoms with van der Waals surface area (Å²) in [4.78, 5) is 30.3. The minimum atomic E-state index is -4.32. The summed E-state index contributed by atoms with van der Waals surface area (Å²) in [6, 6.07) is 8.13. The second kappa shape index (κ2) is 13.4. The van der Waals surface area contributed by atoms with Crippen LogP contribution in [0.1, 0.15) is 51.0 Å². The maximum absolute atomic E-state index is 14.4. The van der Waals surface area contributed by atoms with Crippen LogP contribution in [-0.4, -0.2) is 60.9 Å². The number of nitrogens with zero attached hydrogens (tertiary/aromatic N) is 3. The Bertz CT molecular complexity index is 1700. The fraction of sp³-hybridized carbons (Fsp3) is 0.484. The molecule has 2 fully saturated rings. The second-order valence-electron chi connectivity index (χ2n) is 11.9. The number of halogens is 1. The molecule has 1 aliphatic carbocycles. The minimum Gasteiger partial charge on any atom is -0.359 e. The van der Waals surface area contributed by atoms with Crippen molar-refractivity contribution in [2.75, 3.05) is 16.2 Å². The molecule has 1 aliphatic heterocycles. The van der Waals surface area contributed by atoms with Crippen molar-refractivity contribution in [3.05, 3.63) is 73.6 Å². The lowest BCUT2D eigenvalue weighted by Crippen LogP contribution is -2.42. The molecular formula is C31H38ClN5O7S2. The third kappa shape index (κ3) is 6.72. The molecule has 1 aromatic carbocycles. The average Bonchev–Trinajstić information content (AvgIpc) is 3.65. The van der Waals surface area contributed by atoms with Gasteiger partial charge in [-0.05, 0) is 70.2 Å². The van der Waals surface area contributed by atoms with Crippen LogP contribution in [0.4, 0.5) is 17.2 Å². The van der Waals surface area contributed by atoms with Gasteiger partial charge in [0.15, 0.2) is 5.79 Å². The zero-order chi connectivity index (χ0) is 33.4. The van der Waals surface area contributed by atoms with Crippen LogP contribution < -0.4 is 14.9 Å². The quantitative estimate of drug-likeness (QED) is 0.180. The maximum Gasteiger partial charge on any atom is 0.335 e. The van der Waals surface area contributed by atoms with Gasteiger partial charge >= 0.3 is 5.69 Å². The first-order valence-electron chi connectivity index (χ1n) is 15.1. The van der Waals surface area contributed by atoms with E-state index in [1.54, 1.807) is 32.0 Å². The van der Waals surface area contributed by atoms with Gasteiger partial charge in [0.2, 0.25) is 11.7 Å². The molecule has 2 aliphatic rings. The second-order valence-corrected chi connectivity index (χ2v) is 15.1. The number of nitro groups is 1. The first kappa shape index (κ1) is 34.0. The first-order chi connectivity index (χ1) is 21.8. The Kier molecular flexibility index (Phi) is 9.94. The number of ether oxygens (including phenoxy) is 2. The number of sulfonamides is 1. The fourth-order valence-electron chi connectivity index (χ4n) is 6.19. The highest BCUT2D eigenvalue weighted by molar-refractivity contribution is 7.92. The topological polar surface area (TPSA) is 153 Å². The Hall–Kier alpha value is -3.30. The molecule has 248 valence electrons. The number of hydrogen-bond acceptors (Lipinski definition) is 10. The number of rotatable bonds is 12. The van der Waals surface area contributed by atoms with E-state index in [1.807, 2.05) is 26.2 Å². The Balaban J connectivity index is 1.60. The summed E-state index contributed by atoms with van der Waals surface area (Å²) >= 11 is 7.82. The Morgan fingerprint density at radius 1 is 1.20 bits per heavy atom. The number of anilines is 2. The number of pyridine rings is 1. The van der Waals surface area contributed by atoms with Crippen molar-refractivity contribution in [1.82, 2.24) is 10.3 Å². The zero-order valence-corrected chi connectivity index (χ0v) is 28.6. The van der Waals surface area contributed by atoms with Crippen LogP contribution in [-0.2, 0) is 30.7 Å². The van der Waals surface area contributed by atoms with Crippen molar-refractivity contribution in [3.63, 3.8) is 0 Å². The van der Waals surface area contributed by atoms with E-state index in [0.717, 1.165) is 14.7 Å². The van der Waals surface area contributed by atoms with Gasteiger partial charge in [-0.2, -0.15) is 0 Å². The van der Waals surface area contributed by atoms with Gasteiger partial charge in [0.1, 0.15) is 17.9 Å². The zero-order valence-electron chi connectivity index (χ0n) is 26.2. The summed E-state index contributed by atoms with van der Waals surface area (Å²) in [6.45, 7) is 9.42. The standard InChI is InChI=1S/C31H38ClN5O7S2/c1-6-19(16-25-22(32)13-15-45-25)36(46(41,42)20-10-8-18(3)9-11-20)24-12-14-34-29(26(24)37(39)40)35-23-17-21(30(38)33-7-2)27-28(23)44-31(4,5)43-27/h8-15,19,21,23,27-28H,6-7,16-17H2,1-5H3,(H,33,38)(H,34,35)/t19-,21+,23-,27-,28+/m1/s1. The van der Waals surface area contributed by atoms with Gasteiger partial charge < -0.3 is 20.1 Å². The predicted octanol–water partition coefficient (Wildman–Crippen LogP) is 5.69. The molecule has 1 amide bonds. The van der Waals surface area contributed by atoms with Crippen LogP contribution in [0.25, 0.3) is 0 Å². The Labute approximate surface area is 277 Å². The third-order valence-corrected chi connectivity index (χ3v) is 11.6. The number of hydrogen-bond donors (Lipinski definition) is 2. The van der Waals surface area contributed by atoms with Gasteiger partial charge in [-0.3, -0.25) is 19.2 Å². The summed E-state index contributed by atoms with van der Waals surface area (Å²) in [6.07, 6.45) is 0.991. The van der Waals surface area contributed by atoms with E-state index < -0.39 is 56.6 Å². The predicted molar refractivity (Wildman–Crippen MR) is 177 cm³/mol. The van der Waals surface area contributed by atoms with E-state index in [9.17, 15) is 23.3 Å². The van der Waals surface area contributed by atoms with Crippen molar-refractivity contribution < 1.29 is 27.6 Å². The first-order valence-corrected chi connectivity index (χ1v) is 17.8. The summed E-state index contributed by atoms with van der Waals surface area (Å²) in [5.74, 6) is -1.88. The van der Waals surface area contributed by atoms with Crippen LogP contribution in [0.2, 0.25) is 5.02 Å². The van der Waals surface area contributed by atoms with Crippen molar-refractivity contribution in [2.24, 2.45) is 5.92 Å². The van der Waals surface area contributed by atoms with E-state index in [0.29, 0.717) is 18.0 Å². The molecular weight excluding hydrogens is 654 g/mol. The van der Waals surface area contributed by atoms with Gasteiger partial charge in [-0.1, -0.05) is 36.2 Å². The van der Waals surface area contributed by atoms with Crippen molar-refractivity contribution in [2.45, 2.75) is 88.9 Å². The molecule has 3 heterocycles. The minimum absolute atomic E-state index is 0.00315. The van der Waals surface area contributed by atoms with E-state index in [2.05, 4.69) is 15.6 Å². The van der Waals surface area contributed by atoms with Crippen LogP contribution in [0, 0.1) is 23.0 Å². The third-order valence-electron chi connectivity index (χ3n) is 8.29. The highest BCUT2D eigenvalue weighted by Gasteiger charge is 2.56. The Morgan fingerprint density at radius 3 is 2.50 bits per heavy atom. The summed E-state index contributed by atoms with van der Waals surface area (Å²) < 4.78 is 42.3. The maximum atomic E-state index is 14.4. The number of carbonyl (C=O) groups excluding carboxylic acids is 1. The molecule has 0 spiro atoms. The van der Waals surface area contributed by atoms with Gasteiger partial charge in [0.25, 0.3) is 10.0 Å². The van der Waals surface area contributed by atoms with Crippen LogP contribution in [0.15, 0.2) is 52.9 Å². The fourth-order valence-corrected chi connectivity index (χ4v) is 9.11. The molecule has 0 radical (unpaired) electrons. The lowest BCUT2D eigenvalue weighted by atomic mass is 10.0. The van der Waals surface area contributed by atoms with E-state index in [1.165, 1.54) is 35.7 Å². The van der Waals surface area contributed by atoms with Crippen molar-refractivity contribution in [1.29, 1.82) is 0 Å². The van der Waals surface area contributed by atoms with Gasteiger partial charge in [0.05, 0.1) is 32.8 Å². The molecule has 1 saturated heterocycles. The number of nitrogens with one attached hydrogen (secondary N) is 2. The summed E-state index contributed by atoms with van der Waals surface area (Å²) in [7, 11) is -4.32. The number of thiophene rings is 1. The lowest BCUT2D eigenvalue weighted by molar-refractivity contribution is -0.383. The average molecular weight is 692 g/mol. The highest BCUT2D eigenvalue weighted by atomic mass is 35.5. The molecule has 46 heavy (non-hydrogen) atoms. The number of fused-ring (bicyclic) bond motifs is 1. The number of benzene rings is 1. The molecule has 5 atom stereocenters. The smallest absolute Gasteiger partial charge is 0.335 e. The normalized spacial score (nSPS) is 22.7. The molecule has 3 aromatic rings. The highest BCUT2D eigenvalue weighted by Crippen LogP contribution is 2.45. The molecule has 0 bridgehead atoms. The SMILES string of the molecule is CCNC(=O)[C@H]1C[C@@H](Nc2nccc(N([C@H](CC)Cc3sccc3Cl)S(=O)(=O)c3ccc(C)cc3)c2[N+](=O)[O-])[C@@H]2OC(C)(C)O[C@@H]21. The monoisotopic (exact) mass is 691 g/mol. The van der Waals surface area contributed by atoms with E-state index in [4.69, 9.17) is 21.1 Å². The lowest BCUT2D eigenvalue weighted by Gasteiger charge is -2.32. The number of amides is 1. The van der Waals surface area contributed by atoms with Crippen LogP contribution in [0.3, 0.4) is 0 Å². The largest absolute Gasteiger partial charge is 0.359 e. The molecule has 12 nitrogen and oxygen atoms in total. The van der Waals surface area contributed by atoms with Crippen molar-refractivity contribution in [3.8, 4) is 0 Å². The molecule has 5 rings (SSSR count). The molecule has 1 saturated carbocycles. The van der Waals surface area contributed by atoms with E-state index in [-0.39, 0.29) is 35.1 Å². The molecule has 2 aromatic heterocycles. The van der Waals surface area contributed by atoms with Crippen LogP contribution >= 0.6 is 22.9 Å². The number of aryl methyl sites for hydroxylation is 1. The molecule has 2 N–H and O–H groups in total. The summed E-state index contributed by atoms with van der Waals surface area (Å²) in [5.41, 5.74) is 0.220. The molecule has 15 heteroatoms.